The van der Waals surface area contributed by atoms with Crippen LogP contribution in [0.4, 0.5) is 0 Å². The molecule has 2 heteroatoms. The lowest BCUT2D eigenvalue weighted by Gasteiger charge is -2.08. The average molecular weight is 234 g/mol. The molecule has 0 unspecified atom stereocenters. The summed E-state index contributed by atoms with van der Waals surface area (Å²) in [5, 5.41) is 9.47. The number of unbranched alkanes of at least 4 members (excludes halogenated alkanes) is 1. The van der Waals surface area contributed by atoms with Gasteiger partial charge >= 0.3 is 0 Å². The predicted octanol–water partition coefficient (Wildman–Crippen LogP) is 3.31. The molecule has 0 heterocycles. The lowest BCUT2D eigenvalue weighted by Crippen LogP contribution is -2.05. The van der Waals surface area contributed by atoms with Crippen molar-refractivity contribution in [2.45, 2.75) is 38.4 Å². The zero-order valence-corrected chi connectivity index (χ0v) is 10.3. The first-order valence-electron chi connectivity index (χ1n) is 6.23. The number of benzene rings is 1. The third-order valence-corrected chi connectivity index (χ3v) is 2.63. The largest absolute Gasteiger partial charge is 0.393 e. The van der Waals surface area contributed by atoms with Crippen LogP contribution in [0.5, 0.6) is 0 Å². The summed E-state index contributed by atoms with van der Waals surface area (Å²) in [4.78, 5) is 0. The zero-order valence-electron chi connectivity index (χ0n) is 10.3. The minimum Gasteiger partial charge on any atom is -0.393 e. The van der Waals surface area contributed by atoms with E-state index in [4.69, 9.17) is 4.74 Å². The summed E-state index contributed by atoms with van der Waals surface area (Å²) in [6.07, 6.45) is 5.05. The third kappa shape index (κ3) is 6.93. The Balaban J connectivity index is 1.96. The van der Waals surface area contributed by atoms with Crippen molar-refractivity contribution in [1.82, 2.24) is 0 Å². The van der Waals surface area contributed by atoms with E-state index >= 15 is 0 Å². The van der Waals surface area contributed by atoms with Crippen LogP contribution in [0.3, 0.4) is 0 Å². The molecule has 0 radical (unpaired) electrons. The van der Waals surface area contributed by atoms with Gasteiger partial charge in [0.05, 0.1) is 12.7 Å². The summed E-state index contributed by atoms with van der Waals surface area (Å²) in [5.41, 5.74) is 1.21. The van der Waals surface area contributed by atoms with Gasteiger partial charge in [-0.2, -0.15) is 0 Å². The number of hydrogen-bond donors (Lipinski definition) is 1. The fraction of sp³-hybridized carbons (Fsp3) is 0.467. The Morgan fingerprint density at radius 3 is 2.71 bits per heavy atom. The van der Waals surface area contributed by atoms with Crippen molar-refractivity contribution in [1.29, 1.82) is 0 Å². The van der Waals surface area contributed by atoms with Gasteiger partial charge in [-0.1, -0.05) is 36.4 Å². The molecule has 0 aromatic heterocycles. The molecule has 2 nitrogen and oxygen atoms in total. The maximum absolute atomic E-state index is 9.47. The van der Waals surface area contributed by atoms with Crippen molar-refractivity contribution in [2.24, 2.45) is 0 Å². The van der Waals surface area contributed by atoms with E-state index in [0.717, 1.165) is 25.9 Å². The van der Waals surface area contributed by atoms with Crippen molar-refractivity contribution in [2.75, 3.05) is 6.61 Å². The van der Waals surface area contributed by atoms with E-state index in [0.29, 0.717) is 13.0 Å². The van der Waals surface area contributed by atoms with Crippen LogP contribution in [0, 0.1) is 0 Å². The van der Waals surface area contributed by atoms with Gasteiger partial charge in [0.15, 0.2) is 0 Å². The Kier molecular flexibility index (Phi) is 7.35. The second-order valence-corrected chi connectivity index (χ2v) is 4.21. The molecule has 17 heavy (non-hydrogen) atoms. The molecular formula is C15H22O2. The minimum absolute atomic E-state index is 0.235. The van der Waals surface area contributed by atoms with Crippen LogP contribution in [0.15, 0.2) is 43.0 Å². The first-order valence-corrected chi connectivity index (χ1v) is 6.23. The highest BCUT2D eigenvalue weighted by Crippen LogP contribution is 2.06. The van der Waals surface area contributed by atoms with Gasteiger partial charge in [0, 0.05) is 6.61 Å². The molecule has 94 valence electrons. The van der Waals surface area contributed by atoms with Crippen LogP contribution < -0.4 is 0 Å². The minimum atomic E-state index is -0.235. The molecule has 0 saturated carbocycles. The molecule has 0 saturated heterocycles. The number of hydrogen-bond acceptors (Lipinski definition) is 2. The van der Waals surface area contributed by atoms with Crippen molar-refractivity contribution in [3.05, 3.63) is 48.6 Å². The van der Waals surface area contributed by atoms with Crippen LogP contribution in [0.25, 0.3) is 0 Å². The lowest BCUT2D eigenvalue weighted by molar-refractivity contribution is 0.110. The molecule has 1 N–H and O–H groups in total. The summed E-state index contributed by atoms with van der Waals surface area (Å²) in [6, 6.07) is 10.2. The Morgan fingerprint density at radius 2 is 2.00 bits per heavy atom. The quantitative estimate of drug-likeness (QED) is 0.524. The maximum atomic E-state index is 9.47. The highest BCUT2D eigenvalue weighted by molar-refractivity contribution is 5.13. The van der Waals surface area contributed by atoms with Crippen molar-refractivity contribution >= 4 is 0 Å². The Labute approximate surface area is 104 Å². The van der Waals surface area contributed by atoms with E-state index in [-0.39, 0.29) is 6.10 Å². The standard InChI is InChI=1S/C15H22O2/c1-2-8-15(16)11-6-7-12-17-13-14-9-4-3-5-10-14/h2-5,9-10,15-16H,1,6-8,11-13H2/t15-/m1/s1. The van der Waals surface area contributed by atoms with Gasteiger partial charge in [-0.3, -0.25) is 0 Å². The van der Waals surface area contributed by atoms with Gasteiger partial charge in [0.25, 0.3) is 0 Å². The summed E-state index contributed by atoms with van der Waals surface area (Å²) in [5.74, 6) is 0. The molecule has 0 bridgehead atoms. The normalized spacial score (nSPS) is 12.3. The van der Waals surface area contributed by atoms with E-state index in [9.17, 15) is 5.11 Å². The summed E-state index contributed by atoms with van der Waals surface area (Å²) in [6.45, 7) is 5.04. The molecule has 1 aromatic rings. The molecule has 0 amide bonds. The maximum Gasteiger partial charge on any atom is 0.0716 e. The number of aliphatic hydroxyl groups is 1. The first kappa shape index (κ1) is 13.9. The third-order valence-electron chi connectivity index (χ3n) is 2.63. The second-order valence-electron chi connectivity index (χ2n) is 4.21. The molecule has 1 aromatic carbocycles. The van der Waals surface area contributed by atoms with Crippen LogP contribution >= 0.6 is 0 Å². The van der Waals surface area contributed by atoms with Crippen LogP contribution in [0.1, 0.15) is 31.2 Å². The van der Waals surface area contributed by atoms with Crippen molar-refractivity contribution in [3.8, 4) is 0 Å². The molecule has 0 fully saturated rings. The molecule has 1 atom stereocenters. The van der Waals surface area contributed by atoms with Gasteiger partial charge in [0.2, 0.25) is 0 Å². The smallest absolute Gasteiger partial charge is 0.0716 e. The van der Waals surface area contributed by atoms with Crippen LogP contribution in [-0.4, -0.2) is 17.8 Å². The number of aliphatic hydroxyl groups excluding tert-OH is 1. The molecule has 0 aliphatic rings. The lowest BCUT2D eigenvalue weighted by atomic mass is 10.1. The highest BCUT2D eigenvalue weighted by atomic mass is 16.5. The van der Waals surface area contributed by atoms with Gasteiger partial charge in [-0.25, -0.2) is 0 Å². The monoisotopic (exact) mass is 234 g/mol. The number of ether oxygens (including phenoxy) is 1. The highest BCUT2D eigenvalue weighted by Gasteiger charge is 2.00. The van der Waals surface area contributed by atoms with E-state index in [2.05, 4.69) is 18.7 Å². The molecule has 1 rings (SSSR count). The van der Waals surface area contributed by atoms with E-state index in [1.807, 2.05) is 18.2 Å². The van der Waals surface area contributed by atoms with Crippen LogP contribution in [-0.2, 0) is 11.3 Å². The summed E-state index contributed by atoms with van der Waals surface area (Å²) < 4.78 is 5.56. The fourth-order valence-corrected chi connectivity index (χ4v) is 1.66. The predicted molar refractivity (Wildman–Crippen MR) is 70.8 cm³/mol. The molecular weight excluding hydrogens is 212 g/mol. The zero-order chi connectivity index (χ0) is 12.3. The van der Waals surface area contributed by atoms with Crippen LogP contribution in [0.2, 0.25) is 0 Å². The van der Waals surface area contributed by atoms with E-state index < -0.39 is 0 Å². The van der Waals surface area contributed by atoms with Gasteiger partial charge < -0.3 is 9.84 Å². The van der Waals surface area contributed by atoms with Gasteiger partial charge in [0.1, 0.15) is 0 Å². The Bertz CT molecular complexity index is 295. The average Bonchev–Trinajstić information content (AvgIpc) is 2.35. The van der Waals surface area contributed by atoms with E-state index in [1.54, 1.807) is 6.08 Å². The summed E-state index contributed by atoms with van der Waals surface area (Å²) >= 11 is 0. The Hall–Kier alpha value is -1.12. The van der Waals surface area contributed by atoms with Crippen molar-refractivity contribution in [3.63, 3.8) is 0 Å². The van der Waals surface area contributed by atoms with Crippen molar-refractivity contribution < 1.29 is 9.84 Å². The number of rotatable bonds is 9. The molecule has 0 spiro atoms. The topological polar surface area (TPSA) is 29.5 Å². The van der Waals surface area contributed by atoms with Gasteiger partial charge in [-0.15, -0.1) is 6.58 Å². The molecule has 0 aliphatic heterocycles. The second kappa shape index (κ2) is 8.97. The molecule has 0 aliphatic carbocycles. The SMILES string of the molecule is C=CC[C@@H](O)CCCCOCc1ccccc1. The fourth-order valence-electron chi connectivity index (χ4n) is 1.66. The van der Waals surface area contributed by atoms with E-state index in [1.165, 1.54) is 5.56 Å². The summed E-state index contributed by atoms with van der Waals surface area (Å²) in [7, 11) is 0. The van der Waals surface area contributed by atoms with Gasteiger partial charge in [-0.05, 0) is 31.2 Å². The Morgan fingerprint density at radius 1 is 1.24 bits per heavy atom. The first-order chi connectivity index (χ1) is 8.33.